The number of esters is 2. The Bertz CT molecular complexity index is 1190. The van der Waals surface area contributed by atoms with Crippen molar-refractivity contribution in [1.29, 1.82) is 0 Å². The van der Waals surface area contributed by atoms with Gasteiger partial charge in [0.25, 0.3) is 0 Å². The Kier molecular flexibility index (Phi) is 8.72. The first kappa shape index (κ1) is 25.3. The van der Waals surface area contributed by atoms with Crippen LogP contribution < -0.4 is 4.74 Å². The predicted octanol–water partition coefficient (Wildman–Crippen LogP) is 5.09. The molecule has 0 atom stereocenters. The molecule has 0 fully saturated rings. The average molecular weight is 504 g/mol. The van der Waals surface area contributed by atoms with Gasteiger partial charge in [0.15, 0.2) is 11.4 Å². The fourth-order valence-corrected chi connectivity index (χ4v) is 4.50. The van der Waals surface area contributed by atoms with Crippen LogP contribution >= 0.6 is 22.7 Å². The van der Waals surface area contributed by atoms with E-state index in [9.17, 15) is 9.59 Å². The van der Waals surface area contributed by atoms with E-state index in [-0.39, 0.29) is 24.6 Å². The zero-order valence-electron chi connectivity index (χ0n) is 19.4. The fraction of sp³-hybridized carbons (Fsp3) is 0.348. The van der Waals surface area contributed by atoms with Crippen LogP contribution in [0.1, 0.15) is 54.4 Å². The molecule has 0 radical (unpaired) electrons. The van der Waals surface area contributed by atoms with Crippen molar-refractivity contribution in [3.8, 4) is 27.0 Å². The molecule has 34 heavy (non-hydrogen) atoms. The number of aromatic nitrogens is 3. The molecule has 0 saturated carbocycles. The SMILES string of the molecule is C=C(OCC)c1nc(-c2nc(C(=O)OCC)cs2)c(OCC)cc1-c1nc(C(=O)OCC)cs1. The van der Waals surface area contributed by atoms with Gasteiger partial charge in [-0.25, -0.2) is 24.5 Å². The fourth-order valence-electron chi connectivity index (χ4n) is 2.91. The summed E-state index contributed by atoms with van der Waals surface area (Å²) >= 11 is 2.52. The van der Waals surface area contributed by atoms with E-state index in [1.54, 1.807) is 30.7 Å². The maximum absolute atomic E-state index is 12.1. The Hall–Kier alpha value is -3.31. The minimum atomic E-state index is -0.507. The van der Waals surface area contributed by atoms with Gasteiger partial charge in [-0.2, -0.15) is 0 Å². The average Bonchev–Trinajstić information content (AvgIpc) is 3.50. The van der Waals surface area contributed by atoms with Crippen LogP contribution in [-0.2, 0) is 14.2 Å². The smallest absolute Gasteiger partial charge is 0.357 e. The van der Waals surface area contributed by atoms with Gasteiger partial charge in [-0.15, -0.1) is 22.7 Å². The highest BCUT2D eigenvalue weighted by molar-refractivity contribution is 7.13. The van der Waals surface area contributed by atoms with Crippen molar-refractivity contribution in [2.24, 2.45) is 0 Å². The van der Waals surface area contributed by atoms with E-state index in [4.69, 9.17) is 23.9 Å². The molecule has 0 N–H and O–H groups in total. The van der Waals surface area contributed by atoms with E-state index >= 15 is 0 Å². The molecule has 0 spiro atoms. The topological polar surface area (TPSA) is 110 Å². The minimum absolute atomic E-state index is 0.194. The molecule has 3 heterocycles. The number of thiazole rings is 2. The Morgan fingerprint density at radius 2 is 1.38 bits per heavy atom. The summed E-state index contributed by atoms with van der Waals surface area (Å²) in [7, 11) is 0. The lowest BCUT2D eigenvalue weighted by molar-refractivity contribution is 0.0511. The lowest BCUT2D eigenvalue weighted by Crippen LogP contribution is -2.06. The molecule has 3 aromatic heterocycles. The normalized spacial score (nSPS) is 10.6. The molecule has 3 aromatic rings. The van der Waals surface area contributed by atoms with Gasteiger partial charge in [-0.05, 0) is 33.8 Å². The summed E-state index contributed by atoms with van der Waals surface area (Å²) in [5.41, 5.74) is 1.85. The molecule has 11 heteroatoms. The molecular weight excluding hydrogens is 478 g/mol. The molecule has 0 amide bonds. The Balaban J connectivity index is 2.14. The van der Waals surface area contributed by atoms with Crippen LogP contribution in [-0.4, -0.2) is 53.3 Å². The summed E-state index contributed by atoms with van der Waals surface area (Å²) in [5.74, 6) is -0.230. The van der Waals surface area contributed by atoms with Crippen molar-refractivity contribution in [3.05, 3.63) is 40.5 Å². The molecule has 0 unspecified atom stereocenters. The van der Waals surface area contributed by atoms with E-state index in [0.717, 1.165) is 0 Å². The van der Waals surface area contributed by atoms with Crippen LogP contribution in [0.3, 0.4) is 0 Å². The highest BCUT2D eigenvalue weighted by Crippen LogP contribution is 2.39. The van der Waals surface area contributed by atoms with Gasteiger partial charge < -0.3 is 18.9 Å². The van der Waals surface area contributed by atoms with Crippen molar-refractivity contribution in [2.75, 3.05) is 26.4 Å². The van der Waals surface area contributed by atoms with Gasteiger partial charge in [0, 0.05) is 16.3 Å². The highest BCUT2D eigenvalue weighted by Gasteiger charge is 2.24. The van der Waals surface area contributed by atoms with Crippen molar-refractivity contribution in [1.82, 2.24) is 15.0 Å². The first-order valence-corrected chi connectivity index (χ1v) is 12.4. The van der Waals surface area contributed by atoms with Crippen LogP contribution in [0.2, 0.25) is 0 Å². The summed E-state index contributed by atoms with van der Waals surface area (Å²) in [6.07, 6.45) is 0. The first-order valence-electron chi connectivity index (χ1n) is 10.7. The minimum Gasteiger partial charge on any atom is -0.492 e. The zero-order valence-corrected chi connectivity index (χ0v) is 21.0. The highest BCUT2D eigenvalue weighted by atomic mass is 32.1. The number of carbonyl (C=O) groups is 2. The largest absolute Gasteiger partial charge is 0.492 e. The summed E-state index contributed by atoms with van der Waals surface area (Å²) in [5, 5.41) is 4.25. The number of hydrogen-bond donors (Lipinski definition) is 0. The standard InChI is InChI=1S/C23H25N3O6S2/c1-6-29-13(5)18-14(20-24-15(11-33-20)22(27)31-8-3)10-17(30-7-2)19(26-18)21-25-16(12-34-21)23(28)32-9-4/h10-12H,5-9H2,1-4H3. The number of hydrogen-bond acceptors (Lipinski definition) is 11. The molecule has 0 bridgehead atoms. The van der Waals surface area contributed by atoms with Crippen molar-refractivity contribution >= 4 is 40.4 Å². The molecule has 180 valence electrons. The zero-order chi connectivity index (χ0) is 24.7. The van der Waals surface area contributed by atoms with E-state index < -0.39 is 11.9 Å². The second-order valence-corrected chi connectivity index (χ2v) is 8.25. The van der Waals surface area contributed by atoms with Crippen LogP contribution in [0.4, 0.5) is 0 Å². The van der Waals surface area contributed by atoms with Gasteiger partial charge in [0.2, 0.25) is 0 Å². The van der Waals surface area contributed by atoms with Gasteiger partial charge in [0.1, 0.15) is 32.9 Å². The van der Waals surface area contributed by atoms with Crippen LogP contribution in [0, 0.1) is 0 Å². The Labute approximate surface area is 205 Å². The third kappa shape index (κ3) is 5.60. The second kappa shape index (κ2) is 11.7. The quantitative estimate of drug-likeness (QED) is 0.261. The number of pyridine rings is 1. The van der Waals surface area contributed by atoms with Crippen molar-refractivity contribution in [2.45, 2.75) is 27.7 Å². The van der Waals surface area contributed by atoms with E-state index in [1.165, 1.54) is 22.7 Å². The number of carbonyl (C=O) groups excluding carboxylic acids is 2. The second-order valence-electron chi connectivity index (χ2n) is 6.54. The molecule has 0 aromatic carbocycles. The summed E-state index contributed by atoms with van der Waals surface area (Å²) in [6, 6.07) is 1.77. The Morgan fingerprint density at radius 1 is 0.824 bits per heavy atom. The van der Waals surface area contributed by atoms with Gasteiger partial charge in [-0.3, -0.25) is 0 Å². The monoisotopic (exact) mass is 503 g/mol. The van der Waals surface area contributed by atoms with Crippen LogP contribution in [0.15, 0.2) is 23.4 Å². The molecule has 0 aliphatic rings. The van der Waals surface area contributed by atoms with Crippen LogP contribution in [0.5, 0.6) is 5.75 Å². The predicted molar refractivity (Wildman–Crippen MR) is 130 cm³/mol. The lowest BCUT2D eigenvalue weighted by Gasteiger charge is -2.15. The third-order valence-corrected chi connectivity index (χ3v) is 6.01. The molecule has 0 saturated heterocycles. The van der Waals surface area contributed by atoms with E-state index in [2.05, 4.69) is 16.5 Å². The first-order chi connectivity index (χ1) is 16.4. The maximum atomic E-state index is 12.1. The van der Waals surface area contributed by atoms with Crippen molar-refractivity contribution < 1.29 is 28.5 Å². The summed E-state index contributed by atoms with van der Waals surface area (Å²) in [6.45, 7) is 12.4. The number of rotatable bonds is 11. The lowest BCUT2D eigenvalue weighted by atomic mass is 10.1. The molecule has 3 rings (SSSR count). The molecular formula is C23H25N3O6S2. The van der Waals surface area contributed by atoms with Gasteiger partial charge in [0.05, 0.1) is 26.4 Å². The molecule has 0 aliphatic carbocycles. The van der Waals surface area contributed by atoms with Crippen LogP contribution in [0.25, 0.3) is 27.0 Å². The van der Waals surface area contributed by atoms with E-state index in [0.29, 0.717) is 51.7 Å². The molecule has 0 aliphatic heterocycles. The third-order valence-electron chi connectivity index (χ3n) is 4.28. The summed E-state index contributed by atoms with van der Waals surface area (Å²) in [4.78, 5) is 37.8. The van der Waals surface area contributed by atoms with E-state index in [1.807, 2.05) is 13.8 Å². The molecule has 9 nitrogen and oxygen atoms in total. The maximum Gasteiger partial charge on any atom is 0.357 e. The number of ether oxygens (including phenoxy) is 4. The van der Waals surface area contributed by atoms with Gasteiger partial charge >= 0.3 is 11.9 Å². The van der Waals surface area contributed by atoms with Crippen molar-refractivity contribution in [3.63, 3.8) is 0 Å². The van der Waals surface area contributed by atoms with Gasteiger partial charge in [-0.1, -0.05) is 6.58 Å². The summed E-state index contributed by atoms with van der Waals surface area (Å²) < 4.78 is 21.6. The Morgan fingerprint density at radius 3 is 1.94 bits per heavy atom. The number of nitrogens with zero attached hydrogens (tertiary/aromatic N) is 3.